The number of carbonyl (C=O) groups is 1. The van der Waals surface area contributed by atoms with Gasteiger partial charge in [-0.25, -0.2) is 9.36 Å². The van der Waals surface area contributed by atoms with Gasteiger partial charge in [0, 0.05) is 29.9 Å². The number of piperidine rings is 1. The Kier molecular flexibility index (Phi) is 7.12. The van der Waals surface area contributed by atoms with E-state index in [0.717, 1.165) is 33.6 Å². The van der Waals surface area contributed by atoms with Crippen LogP contribution >= 0.6 is 11.8 Å². The third-order valence-corrected chi connectivity index (χ3v) is 7.16. The highest BCUT2D eigenvalue weighted by molar-refractivity contribution is 7.99. The molecule has 4 rings (SSSR count). The van der Waals surface area contributed by atoms with E-state index < -0.39 is 23.2 Å². The van der Waals surface area contributed by atoms with Crippen molar-refractivity contribution in [3.8, 4) is 0 Å². The lowest BCUT2D eigenvalue weighted by molar-refractivity contribution is -0.119. The second-order valence-corrected chi connectivity index (χ2v) is 9.49. The van der Waals surface area contributed by atoms with Crippen LogP contribution in [0.2, 0.25) is 0 Å². The Morgan fingerprint density at radius 1 is 1.00 bits per heavy atom. The SMILES string of the molecule is C[C@H](C(=O)Nc1ccccc1Sc1ccccc1)n1c(=O)c(N2CCCCC2)c(N)n(C)c1=O. The number of aromatic nitrogens is 2. The Hall–Kier alpha value is -3.46. The molecule has 1 atom stereocenters. The highest BCUT2D eigenvalue weighted by Crippen LogP contribution is 2.33. The summed E-state index contributed by atoms with van der Waals surface area (Å²) in [5.41, 5.74) is 5.95. The van der Waals surface area contributed by atoms with Crippen molar-refractivity contribution in [2.75, 3.05) is 29.0 Å². The van der Waals surface area contributed by atoms with Gasteiger partial charge in [0.25, 0.3) is 5.56 Å². The molecule has 3 aromatic rings. The van der Waals surface area contributed by atoms with Crippen molar-refractivity contribution in [2.24, 2.45) is 7.05 Å². The molecule has 34 heavy (non-hydrogen) atoms. The predicted octanol–water partition coefficient (Wildman–Crippen LogP) is 3.47. The highest BCUT2D eigenvalue weighted by atomic mass is 32.2. The molecule has 1 aliphatic rings. The van der Waals surface area contributed by atoms with Crippen molar-refractivity contribution in [3.63, 3.8) is 0 Å². The summed E-state index contributed by atoms with van der Waals surface area (Å²) in [7, 11) is 1.53. The molecule has 8 nitrogen and oxygen atoms in total. The van der Waals surface area contributed by atoms with Gasteiger partial charge in [-0.2, -0.15) is 0 Å². The van der Waals surface area contributed by atoms with Crippen LogP contribution in [0, 0.1) is 0 Å². The quantitative estimate of drug-likeness (QED) is 0.561. The average Bonchev–Trinajstić information content (AvgIpc) is 2.85. The number of nitrogens with two attached hydrogens (primary N) is 1. The number of benzene rings is 2. The van der Waals surface area contributed by atoms with E-state index in [1.807, 2.05) is 53.4 Å². The van der Waals surface area contributed by atoms with Crippen LogP contribution in [-0.4, -0.2) is 28.1 Å². The third-order valence-electron chi connectivity index (χ3n) is 6.07. The number of carbonyl (C=O) groups excluding carboxylic acids is 1. The minimum absolute atomic E-state index is 0.130. The Bertz CT molecular complexity index is 1300. The zero-order valence-corrected chi connectivity index (χ0v) is 20.2. The standard InChI is InChI=1S/C25H29N5O3S/c1-17(23(31)27-19-13-7-8-14-20(19)34-18-11-5-3-6-12-18)30-24(32)21(22(26)28(2)25(30)33)29-15-9-4-10-16-29/h3,5-8,11-14,17H,4,9-10,15-16,26H2,1-2H3,(H,27,31)/t17-/m1/s1. The van der Waals surface area contributed by atoms with Gasteiger partial charge in [-0.1, -0.05) is 42.1 Å². The first kappa shape index (κ1) is 23.7. The molecule has 2 heterocycles. The van der Waals surface area contributed by atoms with Gasteiger partial charge < -0.3 is 16.0 Å². The maximum atomic E-state index is 13.4. The second kappa shape index (κ2) is 10.2. The molecule has 1 aliphatic heterocycles. The van der Waals surface area contributed by atoms with Crippen molar-refractivity contribution < 1.29 is 4.79 Å². The Morgan fingerprint density at radius 2 is 1.65 bits per heavy atom. The number of nitrogen functional groups attached to an aromatic ring is 1. The maximum Gasteiger partial charge on any atom is 0.333 e. The Morgan fingerprint density at radius 3 is 2.35 bits per heavy atom. The van der Waals surface area contributed by atoms with Crippen molar-refractivity contribution >= 4 is 34.9 Å². The molecule has 178 valence electrons. The van der Waals surface area contributed by atoms with E-state index in [1.165, 1.54) is 23.4 Å². The van der Waals surface area contributed by atoms with Crippen LogP contribution in [0.25, 0.3) is 0 Å². The summed E-state index contributed by atoms with van der Waals surface area (Å²) < 4.78 is 2.25. The van der Waals surface area contributed by atoms with Crippen molar-refractivity contribution in [2.45, 2.75) is 42.0 Å². The second-order valence-electron chi connectivity index (χ2n) is 8.37. The van der Waals surface area contributed by atoms with Gasteiger partial charge in [0.05, 0.1) is 5.69 Å². The van der Waals surface area contributed by atoms with E-state index >= 15 is 0 Å². The molecule has 1 saturated heterocycles. The summed E-state index contributed by atoms with van der Waals surface area (Å²) in [6, 6.07) is 16.3. The zero-order chi connectivity index (χ0) is 24.2. The minimum Gasteiger partial charge on any atom is -0.383 e. The molecule has 3 N–H and O–H groups in total. The van der Waals surface area contributed by atoms with E-state index in [4.69, 9.17) is 5.73 Å². The number of rotatable bonds is 6. The predicted molar refractivity (Wildman–Crippen MR) is 137 cm³/mol. The molecule has 1 fully saturated rings. The van der Waals surface area contributed by atoms with E-state index in [0.29, 0.717) is 24.5 Å². The number of hydrogen-bond donors (Lipinski definition) is 2. The molecule has 0 saturated carbocycles. The van der Waals surface area contributed by atoms with Crippen LogP contribution < -0.4 is 27.2 Å². The smallest absolute Gasteiger partial charge is 0.333 e. The molecule has 9 heteroatoms. The summed E-state index contributed by atoms with van der Waals surface area (Å²) >= 11 is 1.52. The molecule has 2 aromatic carbocycles. The Labute approximate surface area is 202 Å². The van der Waals surface area contributed by atoms with Gasteiger partial charge >= 0.3 is 5.69 Å². The van der Waals surface area contributed by atoms with Gasteiger partial charge in [-0.3, -0.25) is 14.2 Å². The third kappa shape index (κ3) is 4.75. The van der Waals surface area contributed by atoms with E-state index in [2.05, 4.69) is 5.32 Å². The number of para-hydroxylation sites is 1. The van der Waals surface area contributed by atoms with Crippen LogP contribution in [0.5, 0.6) is 0 Å². The molecule has 0 unspecified atom stereocenters. The van der Waals surface area contributed by atoms with Gasteiger partial charge in [0.1, 0.15) is 17.5 Å². The fourth-order valence-corrected chi connectivity index (χ4v) is 5.04. The lowest BCUT2D eigenvalue weighted by Crippen LogP contribution is -2.48. The summed E-state index contributed by atoms with van der Waals surface area (Å²) in [6.07, 6.45) is 3.00. The average molecular weight is 480 g/mol. The van der Waals surface area contributed by atoms with Crippen LogP contribution in [0.15, 0.2) is 74.0 Å². The first-order chi connectivity index (χ1) is 16.4. The van der Waals surface area contributed by atoms with Gasteiger partial charge in [-0.15, -0.1) is 0 Å². The van der Waals surface area contributed by atoms with Crippen molar-refractivity contribution in [3.05, 3.63) is 75.4 Å². The van der Waals surface area contributed by atoms with Gasteiger partial charge in [0.2, 0.25) is 5.91 Å². The summed E-state index contributed by atoms with van der Waals surface area (Å²) in [6.45, 7) is 2.95. The number of nitrogens with one attached hydrogen (secondary N) is 1. The molecule has 0 radical (unpaired) electrons. The minimum atomic E-state index is -1.02. The molecule has 1 amide bonds. The number of hydrogen-bond acceptors (Lipinski definition) is 6. The molecule has 0 spiro atoms. The Balaban J connectivity index is 1.65. The lowest BCUT2D eigenvalue weighted by atomic mass is 10.1. The van der Waals surface area contributed by atoms with Crippen LogP contribution in [0.1, 0.15) is 32.2 Å². The van der Waals surface area contributed by atoms with Crippen LogP contribution in [0.3, 0.4) is 0 Å². The molecular weight excluding hydrogens is 450 g/mol. The monoisotopic (exact) mass is 479 g/mol. The molecule has 0 bridgehead atoms. The number of nitrogens with zero attached hydrogens (tertiary/aromatic N) is 3. The highest BCUT2D eigenvalue weighted by Gasteiger charge is 2.27. The van der Waals surface area contributed by atoms with Crippen molar-refractivity contribution in [1.29, 1.82) is 0 Å². The summed E-state index contributed by atoms with van der Waals surface area (Å²) in [5.74, 6) is -0.319. The fourth-order valence-electron chi connectivity index (χ4n) is 4.12. The molecular formula is C25H29N5O3S. The van der Waals surface area contributed by atoms with Crippen molar-refractivity contribution in [1.82, 2.24) is 9.13 Å². The number of anilines is 3. The fraction of sp³-hybridized carbons (Fsp3) is 0.320. The summed E-state index contributed by atoms with van der Waals surface area (Å²) in [4.78, 5) is 43.5. The van der Waals surface area contributed by atoms with Crippen LogP contribution in [0.4, 0.5) is 17.2 Å². The molecule has 0 aliphatic carbocycles. The van der Waals surface area contributed by atoms with E-state index in [9.17, 15) is 14.4 Å². The van der Waals surface area contributed by atoms with E-state index in [-0.39, 0.29) is 5.82 Å². The lowest BCUT2D eigenvalue weighted by Gasteiger charge is -2.30. The first-order valence-corrected chi connectivity index (χ1v) is 12.2. The van der Waals surface area contributed by atoms with Gasteiger partial charge in [0.15, 0.2) is 0 Å². The maximum absolute atomic E-state index is 13.4. The normalized spacial score (nSPS) is 14.6. The van der Waals surface area contributed by atoms with Crippen LogP contribution in [-0.2, 0) is 11.8 Å². The number of amides is 1. The topological polar surface area (TPSA) is 102 Å². The zero-order valence-electron chi connectivity index (χ0n) is 19.4. The van der Waals surface area contributed by atoms with E-state index in [1.54, 1.807) is 13.0 Å². The van der Waals surface area contributed by atoms with Gasteiger partial charge in [-0.05, 0) is 50.5 Å². The molecule has 1 aromatic heterocycles. The first-order valence-electron chi connectivity index (χ1n) is 11.4. The summed E-state index contributed by atoms with van der Waals surface area (Å²) in [5, 5.41) is 2.90. The largest absolute Gasteiger partial charge is 0.383 e.